The lowest BCUT2D eigenvalue weighted by Crippen LogP contribution is -2.36. The molecule has 2 aliphatic rings. The maximum Gasteiger partial charge on any atom is 0.254 e. The van der Waals surface area contributed by atoms with Gasteiger partial charge in [-0.3, -0.25) is 14.5 Å². The van der Waals surface area contributed by atoms with E-state index >= 15 is 0 Å². The number of rotatable bonds is 7. The van der Waals surface area contributed by atoms with Crippen molar-refractivity contribution >= 4 is 5.91 Å². The van der Waals surface area contributed by atoms with Gasteiger partial charge in [0.05, 0.1) is 12.8 Å². The van der Waals surface area contributed by atoms with Crippen LogP contribution in [0.1, 0.15) is 61.7 Å². The van der Waals surface area contributed by atoms with E-state index in [4.69, 9.17) is 9.72 Å². The number of carbonyl (C=O) groups excluding carboxylic acids is 1. The molecule has 2 aliphatic heterocycles. The maximum absolute atomic E-state index is 12.8. The van der Waals surface area contributed by atoms with Crippen LogP contribution in [0.5, 0.6) is 5.75 Å². The summed E-state index contributed by atoms with van der Waals surface area (Å²) in [6.45, 7) is 7.84. The van der Waals surface area contributed by atoms with Gasteiger partial charge in [0, 0.05) is 50.1 Å². The number of likely N-dealkylation sites (tertiary alicyclic amines) is 1. The number of amides is 1. The molecule has 1 amide bonds. The molecule has 3 heterocycles. The third-order valence-corrected chi connectivity index (χ3v) is 6.96. The van der Waals surface area contributed by atoms with Crippen molar-refractivity contribution in [3.05, 3.63) is 57.3 Å². The van der Waals surface area contributed by atoms with E-state index in [1.54, 1.807) is 7.11 Å². The van der Waals surface area contributed by atoms with Crippen molar-refractivity contribution in [2.75, 3.05) is 26.7 Å². The number of aromatic nitrogens is 2. The number of carbonyl (C=O) groups is 1. The molecule has 0 saturated carbocycles. The van der Waals surface area contributed by atoms with Crippen LogP contribution in [0.15, 0.2) is 29.1 Å². The molecule has 0 spiro atoms. The Morgan fingerprint density at radius 2 is 1.97 bits per heavy atom. The topological polar surface area (TPSA) is 78.5 Å². The van der Waals surface area contributed by atoms with Gasteiger partial charge in [0.15, 0.2) is 0 Å². The molecule has 1 unspecified atom stereocenters. The van der Waals surface area contributed by atoms with Crippen molar-refractivity contribution in [1.29, 1.82) is 0 Å². The lowest BCUT2D eigenvalue weighted by molar-refractivity contribution is -0.134. The quantitative estimate of drug-likeness (QED) is 0.719. The molecule has 1 saturated heterocycles. The van der Waals surface area contributed by atoms with E-state index in [2.05, 4.69) is 35.9 Å². The first-order chi connectivity index (χ1) is 15.5. The summed E-state index contributed by atoms with van der Waals surface area (Å²) in [5.74, 6) is 2.02. The summed E-state index contributed by atoms with van der Waals surface area (Å²) in [7, 11) is 1.67. The highest BCUT2D eigenvalue weighted by Crippen LogP contribution is 2.28. The van der Waals surface area contributed by atoms with Crippen LogP contribution in [0.4, 0.5) is 0 Å². The van der Waals surface area contributed by atoms with Crippen molar-refractivity contribution in [1.82, 2.24) is 19.8 Å². The second-order valence-electron chi connectivity index (χ2n) is 8.97. The van der Waals surface area contributed by atoms with E-state index < -0.39 is 0 Å². The van der Waals surface area contributed by atoms with E-state index in [1.807, 2.05) is 17.0 Å². The monoisotopic (exact) mass is 438 g/mol. The molecule has 4 rings (SSSR count). The first-order valence-electron chi connectivity index (χ1n) is 11.8. The summed E-state index contributed by atoms with van der Waals surface area (Å²) in [4.78, 5) is 37.8. The summed E-state index contributed by atoms with van der Waals surface area (Å²) >= 11 is 0. The van der Waals surface area contributed by atoms with Gasteiger partial charge >= 0.3 is 0 Å². The summed E-state index contributed by atoms with van der Waals surface area (Å²) in [6, 6.07) is 8.11. The van der Waals surface area contributed by atoms with Crippen LogP contribution in [-0.4, -0.2) is 52.4 Å². The van der Waals surface area contributed by atoms with Crippen LogP contribution in [0.3, 0.4) is 0 Å². The van der Waals surface area contributed by atoms with Crippen molar-refractivity contribution in [3.63, 3.8) is 0 Å². The average molecular weight is 439 g/mol. The Kier molecular flexibility index (Phi) is 6.94. The van der Waals surface area contributed by atoms with Crippen molar-refractivity contribution in [2.45, 2.75) is 58.5 Å². The van der Waals surface area contributed by atoms with Gasteiger partial charge in [0.25, 0.3) is 5.56 Å². The Labute approximate surface area is 189 Å². The van der Waals surface area contributed by atoms with Gasteiger partial charge in [-0.2, -0.15) is 0 Å². The number of H-pyrrole nitrogens is 1. The number of benzene rings is 1. The third-order valence-electron chi connectivity index (χ3n) is 6.96. The molecule has 7 heteroatoms. The Morgan fingerprint density at radius 1 is 1.22 bits per heavy atom. The highest BCUT2D eigenvalue weighted by molar-refractivity contribution is 5.79. The minimum Gasteiger partial charge on any atom is -0.497 e. The first kappa shape index (κ1) is 22.5. The zero-order chi connectivity index (χ0) is 22.7. The van der Waals surface area contributed by atoms with Gasteiger partial charge in [-0.15, -0.1) is 0 Å². The molecule has 2 aromatic rings. The molecule has 0 aliphatic carbocycles. The number of nitrogens with one attached hydrogen (secondary N) is 1. The molecule has 1 N–H and O–H groups in total. The van der Waals surface area contributed by atoms with E-state index in [9.17, 15) is 9.59 Å². The van der Waals surface area contributed by atoms with Crippen LogP contribution in [0.25, 0.3) is 0 Å². The van der Waals surface area contributed by atoms with E-state index in [1.165, 1.54) is 5.56 Å². The maximum atomic E-state index is 12.8. The van der Waals surface area contributed by atoms with Crippen molar-refractivity contribution in [3.8, 4) is 5.75 Å². The Balaban J connectivity index is 1.46. The highest BCUT2D eigenvalue weighted by atomic mass is 16.5. The lowest BCUT2D eigenvalue weighted by Gasteiger charge is -2.28. The molecule has 1 aromatic carbocycles. The lowest BCUT2D eigenvalue weighted by atomic mass is 10.0. The summed E-state index contributed by atoms with van der Waals surface area (Å²) < 4.78 is 5.24. The largest absolute Gasteiger partial charge is 0.497 e. The fourth-order valence-corrected chi connectivity index (χ4v) is 4.91. The zero-order valence-electron chi connectivity index (χ0n) is 19.4. The number of aromatic amines is 1. The molecular formula is C25H34N4O3. The van der Waals surface area contributed by atoms with Crippen LogP contribution >= 0.6 is 0 Å². The number of hydrogen-bond donors (Lipinski definition) is 1. The summed E-state index contributed by atoms with van der Waals surface area (Å²) in [5, 5.41) is 0. The molecular weight excluding hydrogens is 404 g/mol. The predicted octanol–water partition coefficient (Wildman–Crippen LogP) is 3.09. The molecule has 1 aromatic heterocycles. The number of fused-ring (bicyclic) bond motifs is 1. The molecule has 0 radical (unpaired) electrons. The number of hydrogen-bond acceptors (Lipinski definition) is 5. The Hall–Kier alpha value is -2.67. The molecule has 7 nitrogen and oxygen atoms in total. The van der Waals surface area contributed by atoms with Crippen LogP contribution in [0, 0.1) is 5.92 Å². The smallest absolute Gasteiger partial charge is 0.254 e. The van der Waals surface area contributed by atoms with Gasteiger partial charge in [0.1, 0.15) is 11.6 Å². The van der Waals surface area contributed by atoms with E-state index in [0.717, 1.165) is 61.7 Å². The second kappa shape index (κ2) is 9.86. The molecule has 172 valence electrons. The van der Waals surface area contributed by atoms with E-state index in [0.29, 0.717) is 19.5 Å². The normalized spacial score (nSPS) is 18.8. The van der Waals surface area contributed by atoms with Crippen LogP contribution < -0.4 is 10.3 Å². The Bertz CT molecular complexity index is 997. The highest BCUT2D eigenvalue weighted by Gasteiger charge is 2.32. The SMILES string of the molecule is CCC(CC)C(=O)N1CCC(c2nc3c(c(=O)[nH]2)CCN(Cc2ccc(OC)cc2)C3)C1. The molecule has 1 fully saturated rings. The number of ether oxygens (including phenoxy) is 1. The molecule has 0 bridgehead atoms. The predicted molar refractivity (Wildman–Crippen MR) is 124 cm³/mol. The second-order valence-corrected chi connectivity index (χ2v) is 8.97. The standard InChI is InChI=1S/C25H34N4O3/c1-4-18(5-2)25(31)29-13-10-19(15-29)23-26-22-16-28(12-11-21(22)24(30)27-23)14-17-6-8-20(32-3)9-7-17/h6-9,18-19H,4-5,10-16H2,1-3H3,(H,26,27,30). The number of nitrogens with zero attached hydrogens (tertiary/aromatic N) is 3. The zero-order valence-corrected chi connectivity index (χ0v) is 19.4. The fourth-order valence-electron chi connectivity index (χ4n) is 4.91. The molecule has 1 atom stereocenters. The van der Waals surface area contributed by atoms with E-state index in [-0.39, 0.29) is 23.3 Å². The fraction of sp³-hybridized carbons (Fsp3) is 0.560. The van der Waals surface area contributed by atoms with Gasteiger partial charge in [-0.25, -0.2) is 4.98 Å². The number of methoxy groups -OCH3 is 1. The van der Waals surface area contributed by atoms with Crippen LogP contribution in [-0.2, 0) is 24.3 Å². The minimum absolute atomic E-state index is 0.0149. The molecule has 32 heavy (non-hydrogen) atoms. The average Bonchev–Trinajstić information content (AvgIpc) is 3.30. The first-order valence-corrected chi connectivity index (χ1v) is 11.8. The van der Waals surface area contributed by atoms with Gasteiger partial charge in [0.2, 0.25) is 5.91 Å². The van der Waals surface area contributed by atoms with Gasteiger partial charge in [-0.1, -0.05) is 26.0 Å². The summed E-state index contributed by atoms with van der Waals surface area (Å²) in [5.41, 5.74) is 2.89. The van der Waals surface area contributed by atoms with Crippen LogP contribution in [0.2, 0.25) is 0 Å². The van der Waals surface area contributed by atoms with Crippen molar-refractivity contribution < 1.29 is 9.53 Å². The summed E-state index contributed by atoms with van der Waals surface area (Å²) in [6.07, 6.45) is 3.30. The minimum atomic E-state index is -0.0149. The Morgan fingerprint density at radius 3 is 2.66 bits per heavy atom. The van der Waals surface area contributed by atoms with Gasteiger partial charge < -0.3 is 14.6 Å². The van der Waals surface area contributed by atoms with Gasteiger partial charge in [-0.05, 0) is 43.4 Å². The van der Waals surface area contributed by atoms with Crippen molar-refractivity contribution in [2.24, 2.45) is 5.92 Å². The third kappa shape index (κ3) is 4.72.